The van der Waals surface area contributed by atoms with E-state index >= 15 is 0 Å². The highest BCUT2D eigenvalue weighted by Gasteiger charge is 2.29. The van der Waals surface area contributed by atoms with Crippen LogP contribution in [-0.4, -0.2) is 36.3 Å². The second-order valence-electron chi connectivity index (χ2n) is 6.94. The van der Waals surface area contributed by atoms with Gasteiger partial charge in [0.05, 0.1) is 0 Å². The molecule has 1 heterocycles. The van der Waals surface area contributed by atoms with Crippen LogP contribution in [-0.2, 0) is 4.79 Å². The molecule has 124 valence electrons. The number of hydrogen-bond acceptors (Lipinski definition) is 2. The van der Waals surface area contributed by atoms with Gasteiger partial charge >= 0.3 is 0 Å². The van der Waals surface area contributed by atoms with Crippen LogP contribution in [0.1, 0.15) is 55.8 Å². The van der Waals surface area contributed by atoms with Crippen molar-refractivity contribution < 1.29 is 9.59 Å². The van der Waals surface area contributed by atoms with Crippen molar-refractivity contribution in [2.24, 2.45) is 5.92 Å². The first-order chi connectivity index (χ1) is 11.1. The number of rotatable bonds is 3. The lowest BCUT2D eigenvalue weighted by Gasteiger charge is -2.36. The van der Waals surface area contributed by atoms with E-state index < -0.39 is 0 Å². The first kappa shape index (κ1) is 16.0. The number of hydrogen-bond donors (Lipinski definition) is 0. The molecule has 3 rings (SSSR count). The molecule has 0 radical (unpaired) electrons. The normalized spacial score (nSPS) is 24.8. The molecular weight excluding hydrogens is 288 g/mol. The predicted molar refractivity (Wildman–Crippen MR) is 91.5 cm³/mol. The van der Waals surface area contributed by atoms with Crippen LogP contribution in [0.4, 0.5) is 5.69 Å². The van der Waals surface area contributed by atoms with Crippen molar-refractivity contribution in [2.45, 2.75) is 51.5 Å². The summed E-state index contributed by atoms with van der Waals surface area (Å²) in [6, 6.07) is 7.86. The minimum Gasteiger partial charge on any atom is -0.338 e. The summed E-state index contributed by atoms with van der Waals surface area (Å²) in [5, 5.41) is 0. The lowest BCUT2D eigenvalue weighted by Crippen LogP contribution is -2.42. The topological polar surface area (TPSA) is 40.6 Å². The van der Waals surface area contributed by atoms with Gasteiger partial charge in [0.15, 0.2) is 0 Å². The number of carbonyl (C=O) groups is 2. The number of anilines is 1. The van der Waals surface area contributed by atoms with Gasteiger partial charge in [-0.05, 0) is 43.4 Å². The minimum absolute atomic E-state index is 0.0669. The van der Waals surface area contributed by atoms with Crippen LogP contribution < -0.4 is 4.90 Å². The fraction of sp³-hybridized carbons (Fsp3) is 0.579. The van der Waals surface area contributed by atoms with E-state index in [1.54, 1.807) is 4.90 Å². The summed E-state index contributed by atoms with van der Waals surface area (Å²) in [6.07, 6.45) is 6.27. The molecule has 1 aromatic carbocycles. The third-order valence-corrected chi connectivity index (χ3v) is 5.36. The third-order valence-electron chi connectivity index (χ3n) is 5.36. The highest BCUT2D eigenvalue weighted by molar-refractivity contribution is 5.99. The largest absolute Gasteiger partial charge is 0.338 e. The Bertz CT molecular complexity index is 599. The quantitative estimate of drug-likeness (QED) is 0.857. The molecule has 1 saturated carbocycles. The summed E-state index contributed by atoms with van der Waals surface area (Å²) < 4.78 is 0. The second-order valence-corrected chi connectivity index (χ2v) is 6.94. The smallest absolute Gasteiger partial charge is 0.253 e. The average molecular weight is 314 g/mol. The first-order valence-corrected chi connectivity index (χ1v) is 8.75. The van der Waals surface area contributed by atoms with Crippen LogP contribution in [0.5, 0.6) is 0 Å². The lowest BCUT2D eigenvalue weighted by molar-refractivity contribution is -0.117. The Labute approximate surface area is 138 Å². The molecule has 1 aliphatic heterocycles. The van der Waals surface area contributed by atoms with Crippen molar-refractivity contribution in [3.8, 4) is 0 Å². The van der Waals surface area contributed by atoms with Crippen molar-refractivity contribution in [3.05, 3.63) is 29.8 Å². The van der Waals surface area contributed by atoms with Crippen LogP contribution in [0.3, 0.4) is 0 Å². The zero-order chi connectivity index (χ0) is 16.4. The van der Waals surface area contributed by atoms with E-state index in [-0.39, 0.29) is 11.8 Å². The molecule has 4 nitrogen and oxygen atoms in total. The number of carbonyl (C=O) groups excluding carboxylic acids is 2. The van der Waals surface area contributed by atoms with Crippen LogP contribution in [0.25, 0.3) is 0 Å². The van der Waals surface area contributed by atoms with Gasteiger partial charge in [-0.3, -0.25) is 9.59 Å². The van der Waals surface area contributed by atoms with Gasteiger partial charge < -0.3 is 9.80 Å². The lowest BCUT2D eigenvalue weighted by atomic mass is 9.85. The predicted octanol–water partition coefficient (Wildman–Crippen LogP) is 3.46. The van der Waals surface area contributed by atoms with E-state index in [9.17, 15) is 9.59 Å². The molecule has 0 aromatic heterocycles. The van der Waals surface area contributed by atoms with Gasteiger partial charge in [0.25, 0.3) is 5.91 Å². The van der Waals surface area contributed by atoms with Gasteiger partial charge in [-0.2, -0.15) is 0 Å². The van der Waals surface area contributed by atoms with E-state index in [0.29, 0.717) is 23.9 Å². The number of nitrogens with zero attached hydrogens (tertiary/aromatic N) is 2. The van der Waals surface area contributed by atoms with E-state index in [0.717, 1.165) is 25.1 Å². The van der Waals surface area contributed by atoms with Crippen LogP contribution in [0, 0.1) is 5.92 Å². The first-order valence-electron chi connectivity index (χ1n) is 8.75. The zero-order valence-corrected chi connectivity index (χ0v) is 14.1. The number of amides is 2. The van der Waals surface area contributed by atoms with Gasteiger partial charge in [-0.15, -0.1) is 0 Å². The summed E-state index contributed by atoms with van der Waals surface area (Å²) in [5.74, 6) is 0.780. The standard InChI is InChI=1S/C19H26N2O2/c1-14-7-3-4-10-17(14)20(2)19(23)15-8-5-9-16(13-15)21-12-6-11-18(21)22/h5,8-9,13-14,17H,3-4,6-7,10-12H2,1-2H3. The molecule has 23 heavy (non-hydrogen) atoms. The Hall–Kier alpha value is -1.84. The van der Waals surface area contributed by atoms with Gasteiger partial charge in [-0.25, -0.2) is 0 Å². The molecule has 2 amide bonds. The molecule has 4 heteroatoms. The van der Waals surface area contributed by atoms with Crippen LogP contribution in [0.15, 0.2) is 24.3 Å². The van der Waals surface area contributed by atoms with Crippen LogP contribution >= 0.6 is 0 Å². The summed E-state index contributed by atoms with van der Waals surface area (Å²) in [7, 11) is 1.92. The second kappa shape index (κ2) is 6.73. The molecule has 2 fully saturated rings. The molecule has 1 aliphatic carbocycles. The monoisotopic (exact) mass is 314 g/mol. The maximum absolute atomic E-state index is 12.9. The molecular formula is C19H26N2O2. The van der Waals surface area contributed by atoms with E-state index in [1.165, 1.54) is 19.3 Å². The highest BCUT2D eigenvalue weighted by atomic mass is 16.2. The Morgan fingerprint density at radius 2 is 2.00 bits per heavy atom. The zero-order valence-electron chi connectivity index (χ0n) is 14.1. The summed E-state index contributed by atoms with van der Waals surface area (Å²) in [4.78, 5) is 28.5. The van der Waals surface area contributed by atoms with Crippen molar-refractivity contribution in [1.82, 2.24) is 4.90 Å². The van der Waals surface area contributed by atoms with Gasteiger partial charge in [0.1, 0.15) is 0 Å². The van der Waals surface area contributed by atoms with Crippen molar-refractivity contribution in [3.63, 3.8) is 0 Å². The van der Waals surface area contributed by atoms with Gasteiger partial charge in [0.2, 0.25) is 5.91 Å². The molecule has 1 saturated heterocycles. The maximum Gasteiger partial charge on any atom is 0.253 e. The van der Waals surface area contributed by atoms with Gasteiger partial charge in [-0.1, -0.05) is 25.8 Å². The summed E-state index contributed by atoms with van der Waals surface area (Å²) in [6.45, 7) is 3.00. The Balaban J connectivity index is 1.78. The van der Waals surface area contributed by atoms with Crippen molar-refractivity contribution in [1.29, 1.82) is 0 Å². The van der Waals surface area contributed by atoms with Crippen molar-refractivity contribution in [2.75, 3.05) is 18.5 Å². The molecule has 0 spiro atoms. The Morgan fingerprint density at radius 1 is 1.22 bits per heavy atom. The Kier molecular flexibility index (Phi) is 4.69. The van der Waals surface area contributed by atoms with Gasteiger partial charge in [0, 0.05) is 37.3 Å². The van der Waals surface area contributed by atoms with E-state index in [1.807, 2.05) is 36.2 Å². The third kappa shape index (κ3) is 3.26. The number of benzene rings is 1. The fourth-order valence-electron chi connectivity index (χ4n) is 3.95. The molecule has 0 N–H and O–H groups in total. The maximum atomic E-state index is 12.9. The van der Waals surface area contributed by atoms with E-state index in [4.69, 9.17) is 0 Å². The minimum atomic E-state index is 0.0669. The van der Waals surface area contributed by atoms with Crippen LogP contribution in [0.2, 0.25) is 0 Å². The molecule has 0 bridgehead atoms. The highest BCUT2D eigenvalue weighted by Crippen LogP contribution is 2.29. The molecule has 2 unspecified atom stereocenters. The Morgan fingerprint density at radius 3 is 2.70 bits per heavy atom. The van der Waals surface area contributed by atoms with Crippen molar-refractivity contribution >= 4 is 17.5 Å². The fourth-order valence-corrected chi connectivity index (χ4v) is 3.95. The molecule has 2 aliphatic rings. The molecule has 1 aromatic rings. The van der Waals surface area contributed by atoms with E-state index in [2.05, 4.69) is 6.92 Å². The molecule has 2 atom stereocenters. The summed E-state index contributed by atoms with van der Waals surface area (Å²) >= 11 is 0. The average Bonchev–Trinajstić information content (AvgIpc) is 3.00. The SMILES string of the molecule is CC1CCCCC1N(C)C(=O)c1cccc(N2CCCC2=O)c1. The summed E-state index contributed by atoms with van der Waals surface area (Å²) in [5.41, 5.74) is 1.53.